The number of carbonyl (C=O) groups excluding carboxylic acids is 1. The third-order valence-electron chi connectivity index (χ3n) is 3.85. The van der Waals surface area contributed by atoms with Gasteiger partial charge in [0, 0.05) is 0 Å². The largest absolute Gasteiger partial charge is 0.490 e. The SMILES string of the molecule is CCCCOc1cc(C(=O)OC(C)C)cc(OCCCC)c1OCCCC. The second kappa shape index (κ2) is 13.3. The number of ether oxygens (including phenoxy) is 4. The number of benzene rings is 1. The van der Waals surface area contributed by atoms with E-state index in [1.807, 2.05) is 13.8 Å². The second-order valence-corrected chi connectivity index (χ2v) is 6.86. The molecule has 154 valence electrons. The first-order valence-electron chi connectivity index (χ1n) is 10.3. The molecule has 5 heteroatoms. The summed E-state index contributed by atoms with van der Waals surface area (Å²) >= 11 is 0. The number of carbonyl (C=O) groups is 1. The van der Waals surface area contributed by atoms with Gasteiger partial charge in [0.1, 0.15) is 0 Å². The molecule has 0 N–H and O–H groups in total. The van der Waals surface area contributed by atoms with E-state index in [2.05, 4.69) is 20.8 Å². The Morgan fingerprint density at radius 1 is 0.815 bits per heavy atom. The van der Waals surface area contributed by atoms with Gasteiger partial charge in [0.15, 0.2) is 11.5 Å². The molecule has 0 aliphatic heterocycles. The summed E-state index contributed by atoms with van der Waals surface area (Å²) in [5.41, 5.74) is 0.421. The van der Waals surface area contributed by atoms with Crippen LogP contribution < -0.4 is 14.2 Å². The molecule has 0 aromatic heterocycles. The van der Waals surface area contributed by atoms with Crippen molar-refractivity contribution < 1.29 is 23.7 Å². The number of rotatable bonds is 14. The maximum atomic E-state index is 12.4. The van der Waals surface area contributed by atoms with Gasteiger partial charge in [0.2, 0.25) is 5.75 Å². The standard InChI is InChI=1S/C22H36O5/c1-6-9-12-24-19-15-18(22(23)27-17(4)5)16-20(25-13-10-7-2)21(19)26-14-11-8-3/h15-17H,6-14H2,1-5H3. The minimum absolute atomic E-state index is 0.188. The molecule has 0 spiro atoms. The summed E-state index contributed by atoms with van der Waals surface area (Å²) in [7, 11) is 0. The van der Waals surface area contributed by atoms with Crippen LogP contribution in [0.4, 0.5) is 0 Å². The van der Waals surface area contributed by atoms with Crippen LogP contribution >= 0.6 is 0 Å². The molecule has 0 aliphatic carbocycles. The summed E-state index contributed by atoms with van der Waals surface area (Å²) in [5, 5.41) is 0. The van der Waals surface area contributed by atoms with Crippen molar-refractivity contribution >= 4 is 5.97 Å². The monoisotopic (exact) mass is 380 g/mol. The molecule has 0 fully saturated rings. The molecule has 0 atom stereocenters. The first-order valence-corrected chi connectivity index (χ1v) is 10.3. The van der Waals surface area contributed by atoms with Crippen LogP contribution in [0.25, 0.3) is 0 Å². The maximum Gasteiger partial charge on any atom is 0.338 e. The quantitative estimate of drug-likeness (QED) is 0.302. The van der Waals surface area contributed by atoms with Gasteiger partial charge < -0.3 is 18.9 Å². The molecule has 0 saturated carbocycles. The lowest BCUT2D eigenvalue weighted by molar-refractivity contribution is 0.0376. The van der Waals surface area contributed by atoms with E-state index in [0.717, 1.165) is 38.5 Å². The van der Waals surface area contributed by atoms with E-state index in [9.17, 15) is 4.79 Å². The molecule has 27 heavy (non-hydrogen) atoms. The summed E-state index contributed by atoms with van der Waals surface area (Å²) in [5.74, 6) is 1.29. The van der Waals surface area contributed by atoms with E-state index in [4.69, 9.17) is 18.9 Å². The highest BCUT2D eigenvalue weighted by Gasteiger charge is 2.20. The highest BCUT2D eigenvalue weighted by molar-refractivity contribution is 5.91. The van der Waals surface area contributed by atoms with Crippen molar-refractivity contribution in [2.45, 2.75) is 79.2 Å². The molecule has 0 heterocycles. The maximum absolute atomic E-state index is 12.4. The Hall–Kier alpha value is -1.91. The van der Waals surface area contributed by atoms with E-state index in [1.54, 1.807) is 12.1 Å². The minimum Gasteiger partial charge on any atom is -0.490 e. The van der Waals surface area contributed by atoms with Gasteiger partial charge in [-0.3, -0.25) is 0 Å². The van der Waals surface area contributed by atoms with Crippen LogP contribution in [0.2, 0.25) is 0 Å². The smallest absolute Gasteiger partial charge is 0.338 e. The van der Waals surface area contributed by atoms with Gasteiger partial charge in [-0.25, -0.2) is 4.79 Å². The highest BCUT2D eigenvalue weighted by atomic mass is 16.5. The van der Waals surface area contributed by atoms with E-state index >= 15 is 0 Å². The molecule has 1 aromatic carbocycles. The van der Waals surface area contributed by atoms with Crippen LogP contribution in [-0.2, 0) is 4.74 Å². The summed E-state index contributed by atoms with van der Waals surface area (Å²) in [6.45, 7) is 11.7. The summed E-state index contributed by atoms with van der Waals surface area (Å²) < 4.78 is 23.2. The predicted molar refractivity (Wildman–Crippen MR) is 108 cm³/mol. The van der Waals surface area contributed by atoms with Crippen LogP contribution in [0.5, 0.6) is 17.2 Å². The van der Waals surface area contributed by atoms with Crippen molar-refractivity contribution in [2.75, 3.05) is 19.8 Å². The van der Waals surface area contributed by atoms with Crippen molar-refractivity contribution in [1.29, 1.82) is 0 Å². The Balaban J connectivity index is 3.18. The molecule has 0 saturated heterocycles. The molecular formula is C22H36O5. The predicted octanol–water partition coefficient (Wildman–Crippen LogP) is 5.79. The van der Waals surface area contributed by atoms with Gasteiger partial charge in [0.05, 0.1) is 31.5 Å². The second-order valence-electron chi connectivity index (χ2n) is 6.86. The van der Waals surface area contributed by atoms with Crippen LogP contribution in [-0.4, -0.2) is 31.9 Å². The molecular weight excluding hydrogens is 344 g/mol. The van der Waals surface area contributed by atoms with Gasteiger partial charge in [0.25, 0.3) is 0 Å². The van der Waals surface area contributed by atoms with Gasteiger partial charge in [-0.2, -0.15) is 0 Å². The number of hydrogen-bond acceptors (Lipinski definition) is 5. The molecule has 0 radical (unpaired) electrons. The van der Waals surface area contributed by atoms with Crippen molar-refractivity contribution in [3.63, 3.8) is 0 Å². The number of esters is 1. The van der Waals surface area contributed by atoms with Gasteiger partial charge in [-0.05, 0) is 45.2 Å². The average molecular weight is 381 g/mol. The van der Waals surface area contributed by atoms with Crippen LogP contribution in [0.3, 0.4) is 0 Å². The Bertz CT molecular complexity index is 523. The Kier molecular flexibility index (Phi) is 11.4. The summed E-state index contributed by atoms with van der Waals surface area (Å²) in [6, 6.07) is 3.41. The van der Waals surface area contributed by atoms with Gasteiger partial charge in [-0.15, -0.1) is 0 Å². The minimum atomic E-state index is -0.384. The van der Waals surface area contributed by atoms with E-state index in [0.29, 0.717) is 42.6 Å². The summed E-state index contributed by atoms with van der Waals surface area (Å²) in [6.07, 6.45) is 5.72. The zero-order valence-corrected chi connectivity index (χ0v) is 17.6. The lowest BCUT2D eigenvalue weighted by Gasteiger charge is -2.19. The molecule has 0 unspecified atom stereocenters. The summed E-state index contributed by atoms with van der Waals surface area (Å²) in [4.78, 5) is 12.4. The van der Waals surface area contributed by atoms with Gasteiger partial charge >= 0.3 is 5.97 Å². The zero-order valence-electron chi connectivity index (χ0n) is 17.6. The Morgan fingerprint density at radius 3 is 1.67 bits per heavy atom. The zero-order chi connectivity index (χ0) is 20.1. The van der Waals surface area contributed by atoms with E-state index < -0.39 is 0 Å². The first kappa shape index (κ1) is 23.1. The van der Waals surface area contributed by atoms with Crippen molar-refractivity contribution in [2.24, 2.45) is 0 Å². The third kappa shape index (κ3) is 8.55. The first-order chi connectivity index (χ1) is 13.0. The Labute approximate surface area is 164 Å². The van der Waals surface area contributed by atoms with Gasteiger partial charge in [-0.1, -0.05) is 40.0 Å². The Morgan fingerprint density at radius 2 is 1.26 bits per heavy atom. The lowest BCUT2D eigenvalue weighted by atomic mass is 10.1. The van der Waals surface area contributed by atoms with E-state index in [1.165, 1.54) is 0 Å². The lowest BCUT2D eigenvalue weighted by Crippen LogP contribution is -2.13. The topological polar surface area (TPSA) is 54.0 Å². The molecule has 0 amide bonds. The molecule has 1 aromatic rings. The molecule has 0 aliphatic rings. The van der Waals surface area contributed by atoms with Crippen molar-refractivity contribution in [3.8, 4) is 17.2 Å². The fourth-order valence-corrected chi connectivity index (χ4v) is 2.30. The number of hydrogen-bond donors (Lipinski definition) is 0. The van der Waals surface area contributed by atoms with Crippen LogP contribution in [0.1, 0.15) is 83.5 Å². The van der Waals surface area contributed by atoms with Crippen LogP contribution in [0, 0.1) is 0 Å². The van der Waals surface area contributed by atoms with E-state index in [-0.39, 0.29) is 12.1 Å². The fourth-order valence-electron chi connectivity index (χ4n) is 2.30. The number of unbranched alkanes of at least 4 members (excludes halogenated alkanes) is 3. The van der Waals surface area contributed by atoms with Crippen molar-refractivity contribution in [3.05, 3.63) is 17.7 Å². The van der Waals surface area contributed by atoms with Crippen LogP contribution in [0.15, 0.2) is 12.1 Å². The van der Waals surface area contributed by atoms with Crippen molar-refractivity contribution in [1.82, 2.24) is 0 Å². The third-order valence-corrected chi connectivity index (χ3v) is 3.85. The molecule has 0 bridgehead atoms. The normalized spacial score (nSPS) is 10.7. The fraction of sp³-hybridized carbons (Fsp3) is 0.682. The molecule has 1 rings (SSSR count). The highest BCUT2D eigenvalue weighted by Crippen LogP contribution is 2.39. The molecule has 5 nitrogen and oxygen atoms in total. The average Bonchev–Trinajstić information content (AvgIpc) is 2.63.